The minimum absolute atomic E-state index is 0.665. The van der Waals surface area contributed by atoms with Gasteiger partial charge in [0.1, 0.15) is 5.75 Å². The lowest BCUT2D eigenvalue weighted by Crippen LogP contribution is -1.92. The van der Waals surface area contributed by atoms with Crippen molar-refractivity contribution in [1.29, 1.82) is 0 Å². The van der Waals surface area contributed by atoms with Crippen molar-refractivity contribution in [3.05, 3.63) is 76.9 Å². The zero-order chi connectivity index (χ0) is 15.4. The molecule has 1 heterocycles. The molecule has 1 saturated carbocycles. The molecule has 0 bridgehead atoms. The number of ether oxygens (including phenoxy) is 1. The van der Waals surface area contributed by atoms with Crippen molar-refractivity contribution in [3.63, 3.8) is 0 Å². The summed E-state index contributed by atoms with van der Waals surface area (Å²) in [6.07, 6.45) is 2.33. The molecule has 3 aromatic rings. The molecule has 1 nitrogen and oxygen atoms in total. The van der Waals surface area contributed by atoms with E-state index in [-0.39, 0.29) is 0 Å². The van der Waals surface area contributed by atoms with E-state index < -0.39 is 0 Å². The summed E-state index contributed by atoms with van der Waals surface area (Å²) in [5, 5.41) is 2.59. The second-order valence-electron chi connectivity index (χ2n) is 6.95. The monoisotopic (exact) mass is 300 g/mol. The Kier molecular flexibility index (Phi) is 2.78. The molecule has 2 aliphatic rings. The first kappa shape index (κ1) is 13.2. The zero-order valence-corrected chi connectivity index (χ0v) is 13.4. The molecule has 0 radical (unpaired) electrons. The van der Waals surface area contributed by atoms with E-state index in [1.165, 1.54) is 39.4 Å². The van der Waals surface area contributed by atoms with Crippen LogP contribution in [0.25, 0.3) is 10.8 Å². The molecule has 1 aliphatic heterocycles. The van der Waals surface area contributed by atoms with E-state index >= 15 is 0 Å². The van der Waals surface area contributed by atoms with Crippen molar-refractivity contribution >= 4 is 10.8 Å². The third-order valence-corrected chi connectivity index (χ3v) is 5.43. The summed E-state index contributed by atoms with van der Waals surface area (Å²) in [4.78, 5) is 0. The Morgan fingerprint density at radius 3 is 2.65 bits per heavy atom. The maximum absolute atomic E-state index is 5.99. The van der Waals surface area contributed by atoms with Gasteiger partial charge in [0.05, 0.1) is 6.61 Å². The molecule has 5 rings (SSSR count). The van der Waals surface area contributed by atoms with Gasteiger partial charge in [-0.25, -0.2) is 0 Å². The first-order valence-corrected chi connectivity index (χ1v) is 8.55. The predicted molar refractivity (Wildman–Crippen MR) is 94.4 cm³/mol. The topological polar surface area (TPSA) is 9.23 Å². The smallest absolute Gasteiger partial charge is 0.130 e. The Hall–Kier alpha value is -2.28. The van der Waals surface area contributed by atoms with Crippen molar-refractivity contribution in [2.45, 2.75) is 31.6 Å². The van der Waals surface area contributed by atoms with Gasteiger partial charge in [-0.15, -0.1) is 0 Å². The number of hydrogen-bond acceptors (Lipinski definition) is 1. The normalized spacial score (nSPS) is 22.0. The van der Waals surface area contributed by atoms with E-state index in [0.717, 1.165) is 18.8 Å². The second kappa shape index (κ2) is 4.86. The highest BCUT2D eigenvalue weighted by Crippen LogP contribution is 2.57. The van der Waals surface area contributed by atoms with Crippen molar-refractivity contribution in [2.75, 3.05) is 6.61 Å². The Balaban J connectivity index is 1.58. The van der Waals surface area contributed by atoms with Crippen molar-refractivity contribution in [2.24, 2.45) is 0 Å². The van der Waals surface area contributed by atoms with Gasteiger partial charge in [0.2, 0.25) is 0 Å². The lowest BCUT2D eigenvalue weighted by Gasteiger charge is -2.11. The highest BCUT2D eigenvalue weighted by molar-refractivity contribution is 5.91. The van der Waals surface area contributed by atoms with Crippen LogP contribution in [0.15, 0.2) is 54.6 Å². The van der Waals surface area contributed by atoms with Crippen LogP contribution in [0.4, 0.5) is 0 Å². The Morgan fingerprint density at radius 2 is 1.78 bits per heavy atom. The quantitative estimate of drug-likeness (QED) is 0.619. The van der Waals surface area contributed by atoms with Crippen LogP contribution in [-0.2, 0) is 6.42 Å². The van der Waals surface area contributed by atoms with Crippen molar-refractivity contribution in [1.82, 2.24) is 0 Å². The van der Waals surface area contributed by atoms with Gasteiger partial charge in [-0.05, 0) is 41.7 Å². The van der Waals surface area contributed by atoms with Gasteiger partial charge >= 0.3 is 0 Å². The lowest BCUT2D eigenvalue weighted by atomic mass is 9.94. The van der Waals surface area contributed by atoms with Gasteiger partial charge in [0.15, 0.2) is 0 Å². The van der Waals surface area contributed by atoms with Gasteiger partial charge in [-0.2, -0.15) is 0 Å². The zero-order valence-electron chi connectivity index (χ0n) is 13.4. The van der Waals surface area contributed by atoms with Crippen LogP contribution < -0.4 is 4.74 Å². The number of hydrogen-bond donors (Lipinski definition) is 0. The molecule has 0 N–H and O–H groups in total. The SMILES string of the molecule is Cc1ccc([C@H]2C[C@H]2c2cc3ccccc3c3c2CCO3)cc1. The molecular formula is C22H20O. The first-order chi connectivity index (χ1) is 11.3. The van der Waals surface area contributed by atoms with Crippen LogP contribution in [0, 0.1) is 6.92 Å². The molecular weight excluding hydrogens is 280 g/mol. The number of rotatable bonds is 2. The van der Waals surface area contributed by atoms with E-state index in [2.05, 4.69) is 61.5 Å². The summed E-state index contributed by atoms with van der Waals surface area (Å²) in [5.41, 5.74) is 5.82. The van der Waals surface area contributed by atoms with Crippen LogP contribution in [0.2, 0.25) is 0 Å². The Morgan fingerprint density at radius 1 is 0.957 bits per heavy atom. The number of benzene rings is 3. The molecule has 0 spiro atoms. The summed E-state index contributed by atoms with van der Waals surface area (Å²) >= 11 is 0. The fourth-order valence-electron chi connectivity index (χ4n) is 4.11. The number of aryl methyl sites for hydroxylation is 1. The van der Waals surface area contributed by atoms with E-state index in [1.807, 2.05) is 0 Å². The van der Waals surface area contributed by atoms with Gasteiger partial charge < -0.3 is 4.74 Å². The lowest BCUT2D eigenvalue weighted by molar-refractivity contribution is 0.360. The third kappa shape index (κ3) is 2.07. The number of fused-ring (bicyclic) bond motifs is 3. The van der Waals surface area contributed by atoms with Gasteiger partial charge in [0.25, 0.3) is 0 Å². The Bertz CT molecular complexity index is 892. The molecule has 2 atom stereocenters. The van der Waals surface area contributed by atoms with E-state index in [9.17, 15) is 0 Å². The third-order valence-electron chi connectivity index (χ3n) is 5.43. The molecule has 1 fully saturated rings. The molecule has 3 aromatic carbocycles. The molecule has 0 saturated heterocycles. The van der Waals surface area contributed by atoms with Gasteiger partial charge in [-0.3, -0.25) is 0 Å². The fourth-order valence-corrected chi connectivity index (χ4v) is 4.11. The minimum atomic E-state index is 0.665. The summed E-state index contributed by atoms with van der Waals surface area (Å²) in [5.74, 6) is 2.49. The van der Waals surface area contributed by atoms with Crippen LogP contribution in [0.3, 0.4) is 0 Å². The molecule has 0 amide bonds. The first-order valence-electron chi connectivity index (χ1n) is 8.55. The summed E-state index contributed by atoms with van der Waals surface area (Å²) < 4.78 is 5.99. The largest absolute Gasteiger partial charge is 0.492 e. The van der Waals surface area contributed by atoms with Gasteiger partial charge in [-0.1, -0.05) is 60.2 Å². The highest BCUT2D eigenvalue weighted by Gasteiger charge is 2.41. The molecule has 0 unspecified atom stereocenters. The van der Waals surface area contributed by atoms with Crippen molar-refractivity contribution in [3.8, 4) is 5.75 Å². The van der Waals surface area contributed by atoms with E-state index in [0.29, 0.717) is 11.8 Å². The summed E-state index contributed by atoms with van der Waals surface area (Å²) in [6.45, 7) is 2.99. The van der Waals surface area contributed by atoms with Crippen molar-refractivity contribution < 1.29 is 4.74 Å². The van der Waals surface area contributed by atoms with Gasteiger partial charge in [0, 0.05) is 17.4 Å². The molecule has 0 aromatic heterocycles. The maximum Gasteiger partial charge on any atom is 0.130 e. The summed E-state index contributed by atoms with van der Waals surface area (Å²) in [7, 11) is 0. The van der Waals surface area contributed by atoms with Crippen LogP contribution in [0.5, 0.6) is 5.75 Å². The second-order valence-corrected chi connectivity index (χ2v) is 6.95. The molecule has 114 valence electrons. The minimum Gasteiger partial charge on any atom is -0.492 e. The maximum atomic E-state index is 5.99. The molecule has 1 aliphatic carbocycles. The molecule has 23 heavy (non-hydrogen) atoms. The summed E-state index contributed by atoms with van der Waals surface area (Å²) in [6, 6.07) is 20.1. The predicted octanol–water partition coefficient (Wildman–Crippen LogP) is 5.35. The van der Waals surface area contributed by atoms with E-state index in [1.54, 1.807) is 0 Å². The van der Waals surface area contributed by atoms with Crippen LogP contribution >= 0.6 is 0 Å². The average Bonchev–Trinajstić information content (AvgIpc) is 3.21. The average molecular weight is 300 g/mol. The van der Waals surface area contributed by atoms with E-state index in [4.69, 9.17) is 4.74 Å². The van der Waals surface area contributed by atoms with Crippen LogP contribution in [-0.4, -0.2) is 6.61 Å². The standard InChI is InChI=1S/C22H20O/c1-14-6-8-15(9-7-14)19-13-21(19)20-12-16-4-2-3-5-17(16)22-18(20)10-11-23-22/h2-9,12,19,21H,10-11,13H2,1H3/t19-,21-/m1/s1. The fraction of sp³-hybridized carbons (Fsp3) is 0.273. The van der Waals surface area contributed by atoms with Crippen LogP contribution in [0.1, 0.15) is 40.5 Å². The Labute approximate surface area is 136 Å². The molecule has 1 heteroatoms. The highest BCUT2D eigenvalue weighted by atomic mass is 16.5.